The van der Waals surface area contributed by atoms with Gasteiger partial charge in [-0.1, -0.05) is 12.1 Å². The maximum Gasteiger partial charge on any atom is 0.260 e. The van der Waals surface area contributed by atoms with E-state index in [4.69, 9.17) is 20.3 Å². The Kier molecular flexibility index (Phi) is 6.23. The van der Waals surface area contributed by atoms with E-state index in [1.54, 1.807) is 24.1 Å². The third kappa shape index (κ3) is 4.41. The quantitative estimate of drug-likeness (QED) is 0.499. The highest BCUT2D eigenvalue weighted by Crippen LogP contribution is 2.39. The van der Waals surface area contributed by atoms with Gasteiger partial charge in [-0.25, -0.2) is 0 Å². The highest BCUT2D eigenvalue weighted by Gasteiger charge is 2.33. The monoisotopic (exact) mass is 421 g/mol. The molecule has 0 spiro atoms. The van der Waals surface area contributed by atoms with E-state index >= 15 is 0 Å². The van der Waals surface area contributed by atoms with Crippen molar-refractivity contribution < 1.29 is 19.4 Å². The lowest BCUT2D eigenvalue weighted by atomic mass is 10.0. The Labute approximate surface area is 181 Å². The first-order valence-corrected chi connectivity index (χ1v) is 10.5. The summed E-state index contributed by atoms with van der Waals surface area (Å²) in [6, 6.07) is 11.0. The van der Waals surface area contributed by atoms with Crippen molar-refractivity contribution in [3.05, 3.63) is 53.7 Å². The molecule has 2 aromatic rings. The zero-order chi connectivity index (χ0) is 21.8. The van der Waals surface area contributed by atoms with E-state index in [9.17, 15) is 4.79 Å². The topological polar surface area (TPSA) is 97.4 Å². The van der Waals surface area contributed by atoms with Crippen LogP contribution in [-0.4, -0.2) is 48.5 Å². The SMILES string of the molecule is COc1cc2c(cc1OCCCCCO)N=CC1CC(c3ccc(N)cc3)=CN1C2=O. The molecule has 1 amide bonds. The Balaban J connectivity index is 1.57. The minimum atomic E-state index is -0.138. The van der Waals surface area contributed by atoms with Crippen LogP contribution in [0, 0.1) is 0 Å². The van der Waals surface area contributed by atoms with E-state index < -0.39 is 0 Å². The number of carbonyl (C=O) groups excluding carboxylic acids is 1. The van der Waals surface area contributed by atoms with Crippen LogP contribution < -0.4 is 15.2 Å². The van der Waals surface area contributed by atoms with Gasteiger partial charge >= 0.3 is 0 Å². The Morgan fingerprint density at radius 3 is 2.71 bits per heavy atom. The number of amides is 1. The lowest BCUT2D eigenvalue weighted by Gasteiger charge is -2.19. The Hall–Kier alpha value is -3.32. The van der Waals surface area contributed by atoms with Crippen molar-refractivity contribution in [1.82, 2.24) is 4.90 Å². The molecule has 4 rings (SSSR count). The minimum Gasteiger partial charge on any atom is -0.493 e. The van der Waals surface area contributed by atoms with Gasteiger partial charge < -0.3 is 25.2 Å². The number of methoxy groups -OCH3 is 1. The van der Waals surface area contributed by atoms with E-state index in [1.165, 1.54) is 0 Å². The number of ether oxygens (including phenoxy) is 2. The van der Waals surface area contributed by atoms with Gasteiger partial charge in [0.25, 0.3) is 5.91 Å². The van der Waals surface area contributed by atoms with Crippen LogP contribution in [0.5, 0.6) is 11.5 Å². The van der Waals surface area contributed by atoms with Crippen LogP contribution in [0.3, 0.4) is 0 Å². The number of fused-ring (bicyclic) bond motifs is 2. The number of unbranched alkanes of at least 4 members (excludes halogenated alkanes) is 2. The summed E-state index contributed by atoms with van der Waals surface area (Å²) in [4.78, 5) is 19.7. The fourth-order valence-corrected chi connectivity index (χ4v) is 3.84. The van der Waals surface area contributed by atoms with Crippen molar-refractivity contribution in [2.45, 2.75) is 31.7 Å². The molecule has 0 bridgehead atoms. The average Bonchev–Trinajstić information content (AvgIpc) is 3.16. The summed E-state index contributed by atoms with van der Waals surface area (Å²) in [7, 11) is 1.56. The molecule has 2 heterocycles. The highest BCUT2D eigenvalue weighted by atomic mass is 16.5. The van der Waals surface area contributed by atoms with E-state index in [1.807, 2.05) is 36.7 Å². The molecular formula is C24H27N3O4. The normalized spacial score (nSPS) is 17.1. The number of aliphatic hydroxyl groups excluding tert-OH is 1. The maximum absolute atomic E-state index is 13.3. The van der Waals surface area contributed by atoms with Crippen molar-refractivity contribution in [2.75, 3.05) is 26.1 Å². The fraction of sp³-hybridized carbons (Fsp3) is 0.333. The standard InChI is InChI=1S/C24H27N3O4/c1-30-22-12-20-21(13-23(22)31-10-4-2-3-9-28)26-14-19-11-17(15-27(19)24(20)29)16-5-7-18(25)8-6-16/h5-8,12-15,19,28H,2-4,9-11,25H2,1H3. The summed E-state index contributed by atoms with van der Waals surface area (Å²) in [5.74, 6) is 0.955. The number of nitrogens with zero attached hydrogens (tertiary/aromatic N) is 2. The number of aliphatic hydroxyl groups is 1. The molecule has 7 nitrogen and oxygen atoms in total. The van der Waals surface area contributed by atoms with Crippen LogP contribution >= 0.6 is 0 Å². The summed E-state index contributed by atoms with van der Waals surface area (Å²) < 4.78 is 11.3. The first-order chi connectivity index (χ1) is 15.1. The Bertz CT molecular complexity index is 1010. The molecular weight excluding hydrogens is 394 g/mol. The number of aliphatic imine (C=N–C) groups is 1. The number of hydrogen-bond donors (Lipinski definition) is 2. The van der Waals surface area contributed by atoms with E-state index in [0.29, 0.717) is 41.5 Å². The molecule has 1 unspecified atom stereocenters. The second kappa shape index (κ2) is 9.22. The number of benzene rings is 2. The van der Waals surface area contributed by atoms with Crippen LogP contribution in [0.1, 0.15) is 41.6 Å². The van der Waals surface area contributed by atoms with E-state index in [0.717, 1.165) is 30.4 Å². The molecule has 7 heteroatoms. The van der Waals surface area contributed by atoms with Crippen molar-refractivity contribution in [3.63, 3.8) is 0 Å². The van der Waals surface area contributed by atoms with Crippen molar-refractivity contribution >= 4 is 29.1 Å². The molecule has 0 saturated heterocycles. The number of carbonyl (C=O) groups is 1. The zero-order valence-corrected chi connectivity index (χ0v) is 17.6. The Morgan fingerprint density at radius 1 is 1.16 bits per heavy atom. The van der Waals surface area contributed by atoms with Crippen LogP contribution in [0.15, 0.2) is 47.6 Å². The number of nitrogen functional groups attached to an aromatic ring is 1. The smallest absolute Gasteiger partial charge is 0.260 e. The van der Waals surface area contributed by atoms with Crippen LogP contribution in [0.2, 0.25) is 0 Å². The summed E-state index contributed by atoms with van der Waals surface area (Å²) in [6.45, 7) is 0.695. The summed E-state index contributed by atoms with van der Waals surface area (Å²) in [5, 5.41) is 8.89. The molecule has 31 heavy (non-hydrogen) atoms. The van der Waals surface area contributed by atoms with Crippen LogP contribution in [0.4, 0.5) is 11.4 Å². The van der Waals surface area contributed by atoms with Gasteiger partial charge in [-0.05, 0) is 48.6 Å². The number of hydrogen-bond acceptors (Lipinski definition) is 6. The van der Waals surface area contributed by atoms with Gasteiger partial charge in [0.05, 0.1) is 31.0 Å². The predicted octanol–water partition coefficient (Wildman–Crippen LogP) is 3.79. The van der Waals surface area contributed by atoms with Gasteiger partial charge in [0.15, 0.2) is 11.5 Å². The minimum absolute atomic E-state index is 0.115. The Morgan fingerprint density at radius 2 is 1.97 bits per heavy atom. The van der Waals surface area contributed by atoms with Crippen molar-refractivity contribution in [3.8, 4) is 11.5 Å². The molecule has 3 N–H and O–H groups in total. The van der Waals surface area contributed by atoms with Gasteiger partial charge in [0.1, 0.15) is 0 Å². The van der Waals surface area contributed by atoms with Crippen molar-refractivity contribution in [2.24, 2.45) is 4.99 Å². The summed E-state index contributed by atoms with van der Waals surface area (Å²) >= 11 is 0. The van der Waals surface area contributed by atoms with Gasteiger partial charge in [-0.3, -0.25) is 9.79 Å². The van der Waals surface area contributed by atoms with Crippen LogP contribution in [-0.2, 0) is 0 Å². The van der Waals surface area contributed by atoms with Gasteiger partial charge in [-0.2, -0.15) is 0 Å². The second-order valence-corrected chi connectivity index (χ2v) is 7.69. The summed E-state index contributed by atoms with van der Waals surface area (Å²) in [6.07, 6.45) is 6.89. The largest absolute Gasteiger partial charge is 0.493 e. The molecule has 2 aliphatic heterocycles. The molecule has 2 aliphatic rings. The third-order valence-electron chi connectivity index (χ3n) is 5.56. The maximum atomic E-state index is 13.3. The molecule has 0 aliphatic carbocycles. The zero-order valence-electron chi connectivity index (χ0n) is 17.6. The lowest BCUT2D eigenvalue weighted by molar-refractivity contribution is 0.0817. The van der Waals surface area contributed by atoms with Gasteiger partial charge in [-0.15, -0.1) is 0 Å². The van der Waals surface area contributed by atoms with Crippen LogP contribution in [0.25, 0.3) is 5.57 Å². The van der Waals surface area contributed by atoms with E-state index in [-0.39, 0.29) is 18.6 Å². The molecule has 2 aromatic carbocycles. The van der Waals surface area contributed by atoms with Crippen molar-refractivity contribution in [1.29, 1.82) is 0 Å². The number of anilines is 1. The second-order valence-electron chi connectivity index (χ2n) is 7.69. The molecule has 1 atom stereocenters. The molecule has 0 saturated carbocycles. The highest BCUT2D eigenvalue weighted by molar-refractivity contribution is 6.05. The molecule has 0 radical (unpaired) electrons. The fourth-order valence-electron chi connectivity index (χ4n) is 3.84. The molecule has 162 valence electrons. The molecule has 0 aromatic heterocycles. The first kappa shape index (κ1) is 20.9. The molecule has 0 fully saturated rings. The predicted molar refractivity (Wildman–Crippen MR) is 121 cm³/mol. The average molecular weight is 421 g/mol. The third-order valence-corrected chi connectivity index (χ3v) is 5.56. The van der Waals surface area contributed by atoms with Gasteiger partial charge in [0.2, 0.25) is 0 Å². The summed E-state index contributed by atoms with van der Waals surface area (Å²) in [5.41, 5.74) is 9.68. The number of nitrogens with two attached hydrogens (primary N) is 1. The van der Waals surface area contributed by atoms with Gasteiger partial charge in [0, 0.05) is 37.2 Å². The lowest BCUT2D eigenvalue weighted by Crippen LogP contribution is -2.32. The first-order valence-electron chi connectivity index (χ1n) is 10.5. The van der Waals surface area contributed by atoms with E-state index in [2.05, 4.69) is 4.99 Å². The number of rotatable bonds is 8.